The van der Waals surface area contributed by atoms with Crippen LogP contribution in [-0.2, 0) is 10.3 Å². The molecule has 3 nitrogen and oxygen atoms in total. The van der Waals surface area contributed by atoms with E-state index < -0.39 is 30.5 Å². The molecule has 0 saturated heterocycles. The molecule has 104 valence electrons. The molecule has 1 aromatic rings. The van der Waals surface area contributed by atoms with Crippen LogP contribution in [0.25, 0.3) is 0 Å². The molecule has 0 amide bonds. The third-order valence-electron chi connectivity index (χ3n) is 3.01. The van der Waals surface area contributed by atoms with Crippen LogP contribution in [0.5, 0.6) is 0 Å². The van der Waals surface area contributed by atoms with E-state index in [2.05, 4.69) is 4.74 Å². The van der Waals surface area contributed by atoms with Gasteiger partial charge in [-0.3, -0.25) is 0 Å². The van der Waals surface area contributed by atoms with Crippen molar-refractivity contribution in [1.82, 2.24) is 0 Å². The highest BCUT2D eigenvalue weighted by Crippen LogP contribution is 2.39. The predicted molar refractivity (Wildman–Crippen MR) is 63.9 cm³/mol. The van der Waals surface area contributed by atoms with Gasteiger partial charge in [0.1, 0.15) is 24.6 Å². The molecule has 0 heterocycles. The van der Waals surface area contributed by atoms with E-state index in [1.54, 1.807) is 6.07 Å². The lowest BCUT2D eigenvalue weighted by Gasteiger charge is -2.36. The summed E-state index contributed by atoms with van der Waals surface area (Å²) in [5.41, 5.74) is 3.29. The summed E-state index contributed by atoms with van der Waals surface area (Å²) in [6.07, 6.45) is -0.170. The Morgan fingerprint density at radius 1 is 1.37 bits per heavy atom. The normalized spacial score (nSPS) is 14.7. The number of nitrogens with zero attached hydrogens (tertiary/aromatic N) is 1. The second kappa shape index (κ2) is 6.04. The quantitative estimate of drug-likeness (QED) is 0.810. The molecule has 1 rings (SSSR count). The Hall–Kier alpha value is -1.58. The number of hydrogen-bond acceptors (Lipinski definition) is 3. The summed E-state index contributed by atoms with van der Waals surface area (Å²) in [5.74, 6) is -4.27. The summed E-state index contributed by atoms with van der Waals surface area (Å²) in [6, 6.07) is 6.75. The highest BCUT2D eigenvalue weighted by Gasteiger charge is 2.52. The van der Waals surface area contributed by atoms with Gasteiger partial charge in [-0.05, 0) is 12.5 Å². The number of rotatable bonds is 6. The van der Waals surface area contributed by atoms with Crippen molar-refractivity contribution in [3.63, 3.8) is 0 Å². The van der Waals surface area contributed by atoms with Crippen molar-refractivity contribution in [2.24, 2.45) is 5.73 Å². The van der Waals surface area contributed by atoms with E-state index in [-0.39, 0.29) is 12.0 Å². The van der Waals surface area contributed by atoms with Crippen molar-refractivity contribution in [2.45, 2.75) is 24.8 Å². The molecule has 6 heteroatoms. The SMILES string of the molecule is CC[C@@](N)(c1ccccc1F)C(F)(F)COCC#N. The standard InChI is InChI=1S/C13H15F3N2O/c1-2-12(18,10-5-3-4-6-11(10)14)13(15,16)9-19-8-7-17/h3-6H,2,8-9,18H2,1H3/t12-/m1/s1. The Kier molecular flexibility index (Phi) is 4.92. The van der Waals surface area contributed by atoms with Gasteiger partial charge in [-0.15, -0.1) is 0 Å². The second-order valence-corrected chi connectivity index (χ2v) is 4.16. The minimum absolute atomic E-state index is 0.170. The fraction of sp³-hybridized carbons (Fsp3) is 0.462. The van der Waals surface area contributed by atoms with Crippen LogP contribution in [0, 0.1) is 17.1 Å². The fourth-order valence-electron chi connectivity index (χ4n) is 1.82. The number of nitriles is 1. The van der Waals surface area contributed by atoms with Crippen LogP contribution in [0.1, 0.15) is 18.9 Å². The van der Waals surface area contributed by atoms with Crippen molar-refractivity contribution in [3.8, 4) is 6.07 Å². The van der Waals surface area contributed by atoms with Crippen LogP contribution in [-0.4, -0.2) is 19.1 Å². The summed E-state index contributed by atoms with van der Waals surface area (Å²) in [4.78, 5) is 0. The summed E-state index contributed by atoms with van der Waals surface area (Å²) in [6.45, 7) is -0.0451. The van der Waals surface area contributed by atoms with Gasteiger partial charge in [0.25, 0.3) is 5.92 Å². The van der Waals surface area contributed by atoms with Crippen molar-refractivity contribution in [2.75, 3.05) is 13.2 Å². The molecule has 0 aliphatic heterocycles. The van der Waals surface area contributed by atoms with Crippen LogP contribution in [0.3, 0.4) is 0 Å². The van der Waals surface area contributed by atoms with Crippen LogP contribution >= 0.6 is 0 Å². The molecular formula is C13H15F3N2O. The largest absolute Gasteiger partial charge is 0.360 e. The van der Waals surface area contributed by atoms with E-state index in [4.69, 9.17) is 11.0 Å². The highest BCUT2D eigenvalue weighted by molar-refractivity contribution is 5.28. The molecule has 0 aromatic heterocycles. The van der Waals surface area contributed by atoms with Gasteiger partial charge in [0, 0.05) is 5.56 Å². The van der Waals surface area contributed by atoms with Gasteiger partial charge in [-0.1, -0.05) is 25.1 Å². The molecule has 1 atom stereocenters. The summed E-state index contributed by atoms with van der Waals surface area (Å²) < 4.78 is 46.5. The monoisotopic (exact) mass is 272 g/mol. The Bertz CT molecular complexity index is 473. The molecule has 1 aromatic carbocycles. The van der Waals surface area contributed by atoms with E-state index in [1.807, 2.05) is 0 Å². The zero-order valence-electron chi connectivity index (χ0n) is 10.5. The fourth-order valence-corrected chi connectivity index (χ4v) is 1.82. The van der Waals surface area contributed by atoms with Gasteiger partial charge in [-0.25, -0.2) is 13.2 Å². The van der Waals surface area contributed by atoms with Crippen molar-refractivity contribution >= 4 is 0 Å². The van der Waals surface area contributed by atoms with Gasteiger partial charge < -0.3 is 10.5 Å². The summed E-state index contributed by atoms with van der Waals surface area (Å²) >= 11 is 0. The van der Waals surface area contributed by atoms with E-state index in [0.717, 1.165) is 6.07 Å². The maximum absolute atomic E-state index is 14.1. The molecule has 0 radical (unpaired) electrons. The number of alkyl halides is 2. The molecule has 2 N–H and O–H groups in total. The maximum Gasteiger partial charge on any atom is 0.292 e. The van der Waals surface area contributed by atoms with E-state index in [0.29, 0.717) is 0 Å². The van der Waals surface area contributed by atoms with Crippen LogP contribution in [0.15, 0.2) is 24.3 Å². The van der Waals surface area contributed by atoms with Gasteiger partial charge >= 0.3 is 0 Å². The first-order valence-corrected chi connectivity index (χ1v) is 5.75. The lowest BCUT2D eigenvalue weighted by molar-refractivity contribution is -0.130. The second-order valence-electron chi connectivity index (χ2n) is 4.16. The minimum Gasteiger partial charge on any atom is -0.360 e. The van der Waals surface area contributed by atoms with Gasteiger partial charge in [0.05, 0.1) is 6.07 Å². The number of halogens is 3. The lowest BCUT2D eigenvalue weighted by Crippen LogP contribution is -2.55. The Balaban J connectivity index is 3.09. The zero-order chi connectivity index (χ0) is 14.5. The number of hydrogen-bond donors (Lipinski definition) is 1. The molecule has 0 spiro atoms. The number of nitrogens with two attached hydrogens (primary N) is 1. The lowest BCUT2D eigenvalue weighted by atomic mass is 9.82. The highest BCUT2D eigenvalue weighted by atomic mass is 19.3. The predicted octanol–water partition coefficient (Wildman–Crippen LogP) is 2.57. The Morgan fingerprint density at radius 3 is 2.53 bits per heavy atom. The first-order valence-electron chi connectivity index (χ1n) is 5.75. The molecule has 0 saturated carbocycles. The van der Waals surface area contributed by atoms with Gasteiger partial charge in [0.2, 0.25) is 0 Å². The van der Waals surface area contributed by atoms with E-state index in [9.17, 15) is 13.2 Å². The minimum atomic E-state index is -3.49. The zero-order valence-corrected chi connectivity index (χ0v) is 10.5. The third kappa shape index (κ3) is 3.06. The molecule has 19 heavy (non-hydrogen) atoms. The molecule has 0 aliphatic rings. The summed E-state index contributed by atoms with van der Waals surface area (Å²) in [7, 11) is 0. The number of ether oxygens (including phenoxy) is 1. The van der Waals surface area contributed by atoms with Crippen LogP contribution in [0.4, 0.5) is 13.2 Å². The molecule has 0 unspecified atom stereocenters. The molecule has 0 bridgehead atoms. The van der Waals surface area contributed by atoms with Gasteiger partial charge in [0.15, 0.2) is 0 Å². The average Bonchev–Trinajstić information content (AvgIpc) is 2.38. The molecule has 0 fully saturated rings. The smallest absolute Gasteiger partial charge is 0.292 e. The Labute approximate surface area is 109 Å². The third-order valence-corrected chi connectivity index (χ3v) is 3.01. The van der Waals surface area contributed by atoms with E-state index >= 15 is 0 Å². The average molecular weight is 272 g/mol. The topological polar surface area (TPSA) is 59.0 Å². The number of benzene rings is 1. The first-order chi connectivity index (χ1) is 8.89. The van der Waals surface area contributed by atoms with Crippen molar-refractivity contribution in [3.05, 3.63) is 35.6 Å². The van der Waals surface area contributed by atoms with Crippen LogP contribution < -0.4 is 5.73 Å². The first kappa shape index (κ1) is 15.5. The van der Waals surface area contributed by atoms with Crippen molar-refractivity contribution < 1.29 is 17.9 Å². The summed E-state index contributed by atoms with van der Waals surface area (Å²) in [5, 5.41) is 8.27. The maximum atomic E-state index is 14.1. The molecule has 0 aliphatic carbocycles. The van der Waals surface area contributed by atoms with Crippen LogP contribution in [0.2, 0.25) is 0 Å². The molecular weight excluding hydrogens is 257 g/mol. The van der Waals surface area contributed by atoms with Gasteiger partial charge in [-0.2, -0.15) is 5.26 Å². The van der Waals surface area contributed by atoms with Crippen molar-refractivity contribution in [1.29, 1.82) is 5.26 Å². The van der Waals surface area contributed by atoms with E-state index in [1.165, 1.54) is 25.1 Å². The Morgan fingerprint density at radius 2 is 2.00 bits per heavy atom.